The molecular weight excluding hydrogens is 387 g/mol. The molecule has 26 heavy (non-hydrogen) atoms. The quantitative estimate of drug-likeness (QED) is 0.207. The van der Waals surface area contributed by atoms with E-state index in [0.717, 1.165) is 0 Å². The molecule has 3 unspecified atom stereocenters. The smallest absolute Gasteiger partial charge is 0.394 e. The second-order valence-electron chi connectivity index (χ2n) is 6.12. The van der Waals surface area contributed by atoms with Gasteiger partial charge in [-0.25, -0.2) is 0 Å². The molecule has 0 aliphatic carbocycles. The van der Waals surface area contributed by atoms with Gasteiger partial charge in [-0.15, -0.1) is 0 Å². The molecule has 0 amide bonds. The summed E-state index contributed by atoms with van der Waals surface area (Å²) in [4.78, 5) is 0. The monoisotopic (exact) mass is 408 g/mol. The van der Waals surface area contributed by atoms with E-state index in [2.05, 4.69) is 0 Å². The van der Waals surface area contributed by atoms with Crippen LogP contribution in [0.4, 0.5) is 0 Å². The third kappa shape index (κ3) is 3.58. The fraction of sp³-hybridized carbons (Fsp3) is 1.00. The number of hydrogen-bond acceptors (Lipinski definition) is 12. The second-order valence-corrected chi connectivity index (χ2v) is 6.12. The minimum atomic E-state index is -2.16. The van der Waals surface area contributed by atoms with Crippen molar-refractivity contribution >= 4 is 45.1 Å². The zero-order valence-corrected chi connectivity index (χ0v) is 16.0. The summed E-state index contributed by atoms with van der Waals surface area (Å²) in [5.74, 6) is -3.97. The Hall–Kier alpha value is 0.845. The summed E-state index contributed by atoms with van der Waals surface area (Å²) in [6, 6.07) is 0. The molecule has 0 spiro atoms. The Morgan fingerprint density at radius 2 is 1.50 bits per heavy atom. The van der Waals surface area contributed by atoms with Crippen molar-refractivity contribution < 1.29 is 59.2 Å². The molecule has 0 aromatic rings. The molecule has 144 valence electrons. The van der Waals surface area contributed by atoms with E-state index in [1.54, 1.807) is 0 Å². The van der Waals surface area contributed by atoms with Crippen LogP contribution in [0.2, 0.25) is 0 Å². The van der Waals surface area contributed by atoms with Crippen LogP contribution in [0.5, 0.6) is 0 Å². The summed E-state index contributed by atoms with van der Waals surface area (Å²) in [6.07, 6.45) is -8.07. The van der Waals surface area contributed by atoms with Crippen molar-refractivity contribution in [2.45, 2.75) is 48.2 Å². The number of rotatable bonds is 6. The first kappa shape index (κ1) is 23.1. The zero-order valence-electron chi connectivity index (χ0n) is 13.7. The first-order valence-electron chi connectivity index (χ1n) is 7.70. The van der Waals surface area contributed by atoms with Crippen molar-refractivity contribution in [3.63, 3.8) is 0 Å². The molecule has 3 aliphatic rings. The second kappa shape index (κ2) is 8.69. The molecule has 3 rings (SSSR count). The Morgan fingerprint density at radius 3 is 1.96 bits per heavy atom. The molecular formula is C12H21BCaO12+2. The summed E-state index contributed by atoms with van der Waals surface area (Å²) < 4.78 is 26.5. The molecule has 3 aliphatic heterocycles. The molecule has 0 saturated carbocycles. The molecule has 8 atom stereocenters. The molecule has 3 fully saturated rings. The number of aliphatic hydroxyl groups is 7. The molecule has 7 N–H and O–H groups in total. The molecule has 12 nitrogen and oxygen atoms in total. The van der Waals surface area contributed by atoms with Gasteiger partial charge in [0.25, 0.3) is 0 Å². The molecule has 14 heteroatoms. The van der Waals surface area contributed by atoms with E-state index < -0.39 is 81.9 Å². The molecule has 0 aromatic heterocycles. The zero-order chi connectivity index (χ0) is 18.4. The fourth-order valence-electron chi connectivity index (χ4n) is 3.23. The minimum absolute atomic E-state index is 0. The van der Waals surface area contributed by atoms with Gasteiger partial charge in [-0.2, -0.15) is 0 Å². The third-order valence-electron chi connectivity index (χ3n) is 4.63. The van der Waals surface area contributed by atoms with E-state index >= 15 is 0 Å². The summed E-state index contributed by atoms with van der Waals surface area (Å²) >= 11 is 0. The molecule has 0 radical (unpaired) electrons. The Balaban J connectivity index is 0.00000243. The maximum atomic E-state index is 10.1. The fourth-order valence-corrected chi connectivity index (χ4v) is 3.23. The van der Waals surface area contributed by atoms with Crippen LogP contribution in [0.3, 0.4) is 0 Å². The van der Waals surface area contributed by atoms with Gasteiger partial charge in [0.1, 0.15) is 36.6 Å². The van der Waals surface area contributed by atoms with Gasteiger partial charge in [-0.1, -0.05) is 0 Å². The Kier molecular flexibility index (Phi) is 7.73. The van der Waals surface area contributed by atoms with Gasteiger partial charge in [0.15, 0.2) is 0 Å². The van der Waals surface area contributed by atoms with E-state index in [0.29, 0.717) is 0 Å². The van der Waals surface area contributed by atoms with Crippen LogP contribution in [-0.4, -0.2) is 155 Å². The number of fused-ring (bicyclic) bond motifs is 1. The first-order valence-corrected chi connectivity index (χ1v) is 7.70. The van der Waals surface area contributed by atoms with Gasteiger partial charge in [-0.05, 0) is 0 Å². The van der Waals surface area contributed by atoms with Crippen LogP contribution >= 0.6 is 0 Å². The van der Waals surface area contributed by atoms with Crippen LogP contribution in [0, 0.1) is 0 Å². The maximum absolute atomic E-state index is 10.1. The van der Waals surface area contributed by atoms with E-state index in [9.17, 15) is 25.5 Å². The van der Waals surface area contributed by atoms with Crippen molar-refractivity contribution in [2.24, 2.45) is 0 Å². The molecule has 3 saturated heterocycles. The van der Waals surface area contributed by atoms with Crippen molar-refractivity contribution in [2.75, 3.05) is 26.4 Å². The van der Waals surface area contributed by atoms with E-state index in [4.69, 9.17) is 33.6 Å². The van der Waals surface area contributed by atoms with Crippen LogP contribution in [0.1, 0.15) is 0 Å². The average molecular weight is 408 g/mol. The SMILES string of the molecule is OC[C@@H]1O[C@@](CO)(OB2OC3[C@@H](O)[C@@H](CO)O[C@@]3(CO)O2)C(O)C1O.[Ca+2]. The normalized spacial score (nSPS) is 47.9. The standard InChI is InChI=1S/C12H21BO12.Ca/c14-1-5-7(18)9(20)11(3-16,21-5)24-13-23-10-8(19)6(2-15)22-12(10,4-17)25-13;/h5-10,14-20H,1-4H2;/q;+2/t5-,6+,7?,8-,9?,10?,11-,12-;/m0./s1. The summed E-state index contributed by atoms with van der Waals surface area (Å²) in [7, 11) is -1.64. The van der Waals surface area contributed by atoms with Crippen LogP contribution < -0.4 is 0 Å². The van der Waals surface area contributed by atoms with Gasteiger partial charge < -0.3 is 59.2 Å². The van der Waals surface area contributed by atoms with Crippen LogP contribution in [-0.2, 0) is 23.4 Å². The van der Waals surface area contributed by atoms with Gasteiger partial charge in [0.05, 0.1) is 26.4 Å². The van der Waals surface area contributed by atoms with E-state index in [1.165, 1.54) is 0 Å². The van der Waals surface area contributed by atoms with Crippen molar-refractivity contribution in [1.29, 1.82) is 0 Å². The average Bonchev–Trinajstić information content (AvgIpc) is 3.19. The number of hydrogen-bond donors (Lipinski definition) is 7. The van der Waals surface area contributed by atoms with E-state index in [-0.39, 0.29) is 37.7 Å². The van der Waals surface area contributed by atoms with Crippen LogP contribution in [0.15, 0.2) is 0 Å². The largest absolute Gasteiger partial charge is 2.00 e. The summed E-state index contributed by atoms with van der Waals surface area (Å²) in [5.41, 5.74) is 0. The van der Waals surface area contributed by atoms with Crippen molar-refractivity contribution in [1.82, 2.24) is 0 Å². The summed E-state index contributed by atoms with van der Waals surface area (Å²) in [5, 5.41) is 67.4. The van der Waals surface area contributed by atoms with Crippen LogP contribution in [0.25, 0.3) is 0 Å². The predicted molar refractivity (Wildman–Crippen MR) is 80.1 cm³/mol. The van der Waals surface area contributed by atoms with Gasteiger partial charge >= 0.3 is 45.1 Å². The third-order valence-corrected chi connectivity index (χ3v) is 4.63. The number of aliphatic hydroxyl groups excluding tert-OH is 7. The van der Waals surface area contributed by atoms with Gasteiger partial charge in [0, 0.05) is 0 Å². The molecule has 0 bridgehead atoms. The Bertz CT molecular complexity index is 489. The van der Waals surface area contributed by atoms with Crippen molar-refractivity contribution in [3.8, 4) is 0 Å². The summed E-state index contributed by atoms with van der Waals surface area (Å²) in [6.45, 7) is -2.82. The Labute approximate surface area is 178 Å². The minimum Gasteiger partial charge on any atom is -0.394 e. The van der Waals surface area contributed by atoms with Crippen molar-refractivity contribution in [3.05, 3.63) is 0 Å². The topological polar surface area (TPSA) is 188 Å². The molecule has 0 aromatic carbocycles. The van der Waals surface area contributed by atoms with Gasteiger partial charge in [-0.3, -0.25) is 0 Å². The first-order chi connectivity index (χ1) is 11.9. The van der Waals surface area contributed by atoms with Gasteiger partial charge in [0.2, 0.25) is 11.6 Å². The number of ether oxygens (including phenoxy) is 2. The molecule has 3 heterocycles. The Morgan fingerprint density at radius 1 is 0.885 bits per heavy atom. The predicted octanol–water partition coefficient (Wildman–Crippen LogP) is -5.74. The maximum Gasteiger partial charge on any atom is 2.00 e. The van der Waals surface area contributed by atoms with E-state index in [1.807, 2.05) is 0 Å².